The highest BCUT2D eigenvalue weighted by Crippen LogP contribution is 2.46. The highest BCUT2D eigenvalue weighted by atomic mass is 32.1. The van der Waals surface area contributed by atoms with Crippen molar-refractivity contribution >= 4 is 77.9 Å². The third kappa shape index (κ3) is 2.24. The molecule has 36 heavy (non-hydrogen) atoms. The fraction of sp³-hybridized carbons (Fsp3) is 0.0625. The molecular weight excluding hydrogens is 455 g/mol. The van der Waals surface area contributed by atoms with E-state index in [0.717, 1.165) is 12.8 Å². The average molecular weight is 476 g/mol. The Morgan fingerprint density at radius 1 is 0.750 bits per heavy atom. The van der Waals surface area contributed by atoms with E-state index in [2.05, 4.69) is 113 Å². The maximum atomic E-state index is 2.56. The first-order valence-electron chi connectivity index (χ1n) is 12.7. The maximum Gasteiger partial charge on any atom is 0.264 e. The van der Waals surface area contributed by atoms with Crippen LogP contribution in [0.1, 0.15) is 17.7 Å². The van der Waals surface area contributed by atoms with Crippen LogP contribution in [0.15, 0.2) is 97.1 Å². The molecule has 6 aromatic rings. The lowest BCUT2D eigenvalue weighted by Gasteiger charge is -2.38. The van der Waals surface area contributed by atoms with Crippen LogP contribution in [0.3, 0.4) is 0 Å². The van der Waals surface area contributed by atoms with Crippen LogP contribution in [0.25, 0.3) is 32.8 Å². The second-order valence-corrected chi connectivity index (χ2v) is 11.1. The van der Waals surface area contributed by atoms with Crippen LogP contribution in [-0.2, 0) is 6.42 Å². The quantitative estimate of drug-likeness (QED) is 0.248. The fourth-order valence-electron chi connectivity index (χ4n) is 6.87. The zero-order valence-electron chi connectivity index (χ0n) is 19.6. The summed E-state index contributed by atoms with van der Waals surface area (Å²) in [6.45, 7) is 0.236. The summed E-state index contributed by atoms with van der Waals surface area (Å²) >= 11 is 1.97. The van der Waals surface area contributed by atoms with Crippen LogP contribution in [0, 0.1) is 0 Å². The van der Waals surface area contributed by atoms with Crippen molar-refractivity contribution in [1.29, 1.82) is 0 Å². The molecule has 0 bridgehead atoms. The van der Waals surface area contributed by atoms with E-state index < -0.39 is 0 Å². The molecule has 0 N–H and O–H groups in total. The minimum atomic E-state index is 0.236. The van der Waals surface area contributed by atoms with Gasteiger partial charge in [-0.25, -0.2) is 0 Å². The molecule has 2 aromatic heterocycles. The van der Waals surface area contributed by atoms with Crippen molar-refractivity contribution in [3.63, 3.8) is 0 Å². The van der Waals surface area contributed by atoms with Crippen molar-refractivity contribution in [3.05, 3.63) is 108 Å². The number of anilines is 3. The summed E-state index contributed by atoms with van der Waals surface area (Å²) in [5, 5.41) is 2.76. The van der Waals surface area contributed by atoms with Gasteiger partial charge in [-0.1, -0.05) is 66.7 Å². The summed E-state index contributed by atoms with van der Waals surface area (Å²) in [5.74, 6) is 0. The number of nitrogens with zero attached hydrogens (tertiary/aromatic N) is 2. The van der Waals surface area contributed by atoms with Crippen molar-refractivity contribution in [2.24, 2.45) is 0 Å². The zero-order valence-corrected chi connectivity index (χ0v) is 20.4. The molecule has 4 heterocycles. The lowest BCUT2D eigenvalue weighted by molar-refractivity contribution is 0.969. The summed E-state index contributed by atoms with van der Waals surface area (Å²) in [6, 6.07) is 33.7. The van der Waals surface area contributed by atoms with Gasteiger partial charge < -0.3 is 9.47 Å². The van der Waals surface area contributed by atoms with Crippen LogP contribution in [-0.4, -0.2) is 11.3 Å². The van der Waals surface area contributed by atoms with E-state index >= 15 is 0 Å². The van der Waals surface area contributed by atoms with E-state index in [4.69, 9.17) is 0 Å². The Morgan fingerprint density at radius 2 is 1.58 bits per heavy atom. The number of aromatic nitrogens is 1. The third-order valence-corrected chi connectivity index (χ3v) is 9.47. The molecule has 2 aliphatic heterocycles. The molecule has 9 rings (SSSR count). The zero-order chi connectivity index (χ0) is 23.4. The van der Waals surface area contributed by atoms with Crippen molar-refractivity contribution < 1.29 is 0 Å². The molecule has 0 atom stereocenters. The van der Waals surface area contributed by atoms with Crippen molar-refractivity contribution in [1.82, 2.24) is 4.57 Å². The Morgan fingerprint density at radius 3 is 2.53 bits per heavy atom. The molecule has 0 amide bonds. The van der Waals surface area contributed by atoms with Gasteiger partial charge in [-0.15, -0.1) is 11.3 Å². The van der Waals surface area contributed by atoms with E-state index in [1.54, 1.807) is 0 Å². The van der Waals surface area contributed by atoms with Crippen LogP contribution in [0.4, 0.5) is 17.1 Å². The first-order valence-corrected chi connectivity index (χ1v) is 13.5. The first kappa shape index (κ1) is 19.2. The topological polar surface area (TPSA) is 8.17 Å². The standard InChI is InChI=1S/C32H21BN2S/c1-2-10-20(11-3-1)34-27-19-18-22-21-12-4-7-15-25(21)35-26-16-8-6-14-24(26)33(29(27)30(22)35)32-31(34)23-13-5-9-17-28(23)36-32/h1-3,5-11,13-19H,4,12H2. The van der Waals surface area contributed by atoms with Gasteiger partial charge in [0.05, 0.1) is 11.2 Å². The molecule has 0 radical (unpaired) electrons. The van der Waals surface area contributed by atoms with Gasteiger partial charge in [0.1, 0.15) is 0 Å². The van der Waals surface area contributed by atoms with Gasteiger partial charge in [-0.3, -0.25) is 0 Å². The molecular formula is C32H21BN2S. The minimum absolute atomic E-state index is 0.236. The molecule has 4 heteroatoms. The number of aryl methyl sites for hydroxylation is 1. The number of fused-ring (bicyclic) bond motifs is 10. The minimum Gasteiger partial charge on any atom is -0.311 e. The molecule has 1 aliphatic carbocycles. The summed E-state index contributed by atoms with van der Waals surface area (Å²) in [4.78, 5) is 2.53. The second-order valence-electron chi connectivity index (χ2n) is 10.0. The van der Waals surface area contributed by atoms with Crippen LogP contribution < -0.4 is 20.6 Å². The monoisotopic (exact) mass is 476 g/mol. The summed E-state index contributed by atoms with van der Waals surface area (Å²) in [7, 11) is 0. The second kappa shape index (κ2) is 6.80. The number of para-hydroxylation sites is 2. The first-order chi connectivity index (χ1) is 17.9. The molecule has 0 fully saturated rings. The summed E-state index contributed by atoms with van der Waals surface area (Å²) < 4.78 is 5.37. The highest BCUT2D eigenvalue weighted by molar-refractivity contribution is 7.33. The largest absolute Gasteiger partial charge is 0.311 e. The molecule has 0 saturated carbocycles. The van der Waals surface area contributed by atoms with Gasteiger partial charge in [0.2, 0.25) is 0 Å². The lowest BCUT2D eigenvalue weighted by Crippen LogP contribution is -2.59. The Kier molecular flexibility index (Phi) is 3.63. The maximum absolute atomic E-state index is 2.56. The molecule has 3 aliphatic rings. The summed E-state index contributed by atoms with van der Waals surface area (Å²) in [5.41, 5.74) is 12.3. The van der Waals surface area contributed by atoms with Crippen LogP contribution >= 0.6 is 11.3 Å². The Hall–Kier alpha value is -4.02. The van der Waals surface area contributed by atoms with Crippen LogP contribution in [0.2, 0.25) is 0 Å². The molecule has 4 aromatic carbocycles. The third-order valence-electron chi connectivity index (χ3n) is 8.24. The number of allylic oxidation sites excluding steroid dienone is 1. The van der Waals surface area contributed by atoms with Gasteiger partial charge in [0.25, 0.3) is 6.71 Å². The molecule has 168 valence electrons. The van der Waals surface area contributed by atoms with Crippen LogP contribution in [0.5, 0.6) is 0 Å². The van der Waals surface area contributed by atoms with Crippen molar-refractivity contribution in [2.45, 2.75) is 12.8 Å². The highest BCUT2D eigenvalue weighted by Gasteiger charge is 2.44. The molecule has 0 saturated heterocycles. The Labute approximate surface area is 213 Å². The van der Waals surface area contributed by atoms with E-state index in [0.29, 0.717) is 0 Å². The van der Waals surface area contributed by atoms with E-state index in [1.165, 1.54) is 70.7 Å². The van der Waals surface area contributed by atoms with Gasteiger partial charge in [0.15, 0.2) is 0 Å². The van der Waals surface area contributed by atoms with Crippen molar-refractivity contribution in [2.75, 3.05) is 4.90 Å². The normalized spacial score (nSPS) is 14.8. The number of rotatable bonds is 1. The van der Waals surface area contributed by atoms with E-state index in [1.807, 2.05) is 11.3 Å². The Bertz CT molecular complexity index is 1910. The lowest BCUT2D eigenvalue weighted by atomic mass is 9.36. The number of thiophene rings is 1. The van der Waals surface area contributed by atoms with Gasteiger partial charge in [-0.05, 0) is 65.7 Å². The molecule has 0 spiro atoms. The smallest absolute Gasteiger partial charge is 0.264 e. The predicted molar refractivity (Wildman–Crippen MR) is 155 cm³/mol. The summed E-state index contributed by atoms with van der Waals surface area (Å²) in [6.07, 6.45) is 6.92. The van der Waals surface area contributed by atoms with Gasteiger partial charge in [-0.2, -0.15) is 0 Å². The SMILES string of the molecule is C1=Cc2c(c3ccc4c5c3n2-c2ccccc2B5c2sc3ccccc3c2N4c2ccccc2)CC1. The molecule has 0 unspecified atom stereocenters. The van der Waals surface area contributed by atoms with Crippen molar-refractivity contribution in [3.8, 4) is 5.69 Å². The van der Waals surface area contributed by atoms with Gasteiger partial charge >= 0.3 is 0 Å². The predicted octanol–water partition coefficient (Wildman–Crippen LogP) is 6.42. The number of benzene rings is 4. The fourth-order valence-corrected chi connectivity index (χ4v) is 8.19. The average Bonchev–Trinajstić information content (AvgIpc) is 3.49. The van der Waals surface area contributed by atoms with E-state index in [9.17, 15) is 0 Å². The number of hydrogen-bond donors (Lipinski definition) is 0. The molecule has 2 nitrogen and oxygen atoms in total. The number of hydrogen-bond acceptors (Lipinski definition) is 2. The van der Waals surface area contributed by atoms with E-state index in [-0.39, 0.29) is 6.71 Å². The van der Waals surface area contributed by atoms with Gasteiger partial charge in [0, 0.05) is 43.0 Å². The Balaban J connectivity index is 1.51.